The number of carboxylic acids is 1. The van der Waals surface area contributed by atoms with E-state index in [-0.39, 0.29) is 11.3 Å². The average Bonchev–Trinajstić information content (AvgIpc) is 2.54. The Balaban J connectivity index is 2.23. The number of carbonyl (C=O) groups is 2. The number of fused-ring (bicyclic) bond motifs is 1. The molecule has 2 rings (SSSR count). The summed E-state index contributed by atoms with van der Waals surface area (Å²) in [6, 6.07) is 1.02. The number of thioether (sulfide) groups is 1. The SMILES string of the molecule is C[C@@]1(/C=C/C=C/C#N)S[C@@H]2CC(=O)N2[C@H]1C(=O)O. The average molecular weight is 264 g/mol. The van der Waals surface area contributed by atoms with E-state index in [2.05, 4.69) is 0 Å². The van der Waals surface area contributed by atoms with Gasteiger partial charge in [0.1, 0.15) is 6.04 Å². The van der Waals surface area contributed by atoms with Crippen molar-refractivity contribution < 1.29 is 14.7 Å². The van der Waals surface area contributed by atoms with E-state index < -0.39 is 16.8 Å². The lowest BCUT2D eigenvalue weighted by Gasteiger charge is -2.36. The van der Waals surface area contributed by atoms with Crippen molar-refractivity contribution in [2.45, 2.75) is 29.5 Å². The van der Waals surface area contributed by atoms with Crippen molar-refractivity contribution in [1.82, 2.24) is 4.90 Å². The van der Waals surface area contributed by atoms with E-state index in [1.807, 2.05) is 6.07 Å². The van der Waals surface area contributed by atoms with E-state index in [1.54, 1.807) is 25.2 Å². The van der Waals surface area contributed by atoms with E-state index in [4.69, 9.17) is 5.26 Å². The summed E-state index contributed by atoms with van der Waals surface area (Å²) in [6.07, 6.45) is 6.68. The van der Waals surface area contributed by atoms with Gasteiger partial charge in [0.25, 0.3) is 0 Å². The Bertz CT molecular complexity index is 494. The molecule has 0 aromatic heterocycles. The molecule has 0 spiro atoms. The third-order valence-electron chi connectivity index (χ3n) is 3.10. The number of β-lactam (4-membered cyclic amide) rings is 1. The highest BCUT2D eigenvalue weighted by Gasteiger charge is 2.59. The van der Waals surface area contributed by atoms with Crippen LogP contribution in [0.2, 0.25) is 0 Å². The molecular formula is C12H12N2O3S. The number of nitriles is 1. The molecule has 1 N–H and O–H groups in total. The van der Waals surface area contributed by atoms with E-state index in [0.717, 1.165) is 0 Å². The summed E-state index contributed by atoms with van der Waals surface area (Å²) >= 11 is 1.48. The fourth-order valence-electron chi connectivity index (χ4n) is 2.28. The maximum Gasteiger partial charge on any atom is 0.328 e. The zero-order valence-corrected chi connectivity index (χ0v) is 10.6. The first-order chi connectivity index (χ1) is 8.49. The standard InChI is InChI=1S/C12H12N2O3S/c1-12(5-3-2-4-6-13)10(11(16)17)14-8(15)7-9(14)18-12/h2-5,9-10H,7H2,1H3,(H,16,17)/b4-2+,5-3+/t9-,10+,12+/m1/s1. The van der Waals surface area contributed by atoms with Crippen molar-refractivity contribution in [1.29, 1.82) is 5.26 Å². The molecule has 2 fully saturated rings. The third-order valence-corrected chi connectivity index (χ3v) is 4.63. The summed E-state index contributed by atoms with van der Waals surface area (Å²) in [5.74, 6) is -1.10. The molecule has 0 aromatic rings. The van der Waals surface area contributed by atoms with Crippen LogP contribution in [0.5, 0.6) is 0 Å². The van der Waals surface area contributed by atoms with E-state index in [1.165, 1.54) is 22.7 Å². The van der Waals surface area contributed by atoms with Gasteiger partial charge in [-0.05, 0) is 6.92 Å². The van der Waals surface area contributed by atoms with Crippen molar-refractivity contribution in [3.05, 3.63) is 24.3 Å². The van der Waals surface area contributed by atoms with Crippen LogP contribution in [0, 0.1) is 11.3 Å². The molecule has 0 aromatic carbocycles. The highest BCUT2D eigenvalue weighted by molar-refractivity contribution is 8.01. The summed E-state index contributed by atoms with van der Waals surface area (Å²) in [7, 11) is 0. The molecule has 6 heteroatoms. The van der Waals surface area contributed by atoms with Gasteiger partial charge in [0.05, 0.1) is 22.6 Å². The van der Waals surface area contributed by atoms with E-state index in [0.29, 0.717) is 6.42 Å². The zero-order valence-electron chi connectivity index (χ0n) is 9.74. The van der Waals surface area contributed by atoms with Crippen molar-refractivity contribution in [3.8, 4) is 6.07 Å². The minimum Gasteiger partial charge on any atom is -0.480 e. The highest BCUT2D eigenvalue weighted by Crippen LogP contribution is 2.51. The molecule has 3 atom stereocenters. The largest absolute Gasteiger partial charge is 0.480 e. The van der Waals surface area contributed by atoms with Crippen molar-refractivity contribution in [3.63, 3.8) is 0 Å². The Morgan fingerprint density at radius 3 is 2.94 bits per heavy atom. The summed E-state index contributed by atoms with van der Waals surface area (Å²) in [5, 5.41) is 17.6. The predicted octanol–water partition coefficient (Wildman–Crippen LogP) is 1.14. The van der Waals surface area contributed by atoms with Crippen LogP contribution in [0.15, 0.2) is 24.3 Å². The summed E-state index contributed by atoms with van der Waals surface area (Å²) in [6.45, 7) is 1.80. The Hall–Kier alpha value is -1.74. The highest BCUT2D eigenvalue weighted by atomic mass is 32.2. The number of aliphatic carboxylic acids is 1. The van der Waals surface area contributed by atoms with Crippen molar-refractivity contribution >= 4 is 23.6 Å². The number of hydrogen-bond acceptors (Lipinski definition) is 4. The molecule has 18 heavy (non-hydrogen) atoms. The number of carboxylic acid groups (broad SMARTS) is 1. The number of allylic oxidation sites excluding steroid dienone is 3. The fourth-order valence-corrected chi connectivity index (χ4v) is 3.95. The van der Waals surface area contributed by atoms with Crippen LogP contribution in [-0.4, -0.2) is 38.0 Å². The minimum atomic E-state index is -0.991. The van der Waals surface area contributed by atoms with Gasteiger partial charge in [0, 0.05) is 6.08 Å². The predicted molar refractivity (Wildman–Crippen MR) is 66.6 cm³/mol. The monoisotopic (exact) mass is 264 g/mol. The summed E-state index contributed by atoms with van der Waals surface area (Å²) < 4.78 is -0.650. The number of carbonyl (C=O) groups excluding carboxylic acids is 1. The number of nitrogens with zero attached hydrogens (tertiary/aromatic N) is 2. The molecule has 0 aliphatic carbocycles. The molecule has 2 heterocycles. The van der Waals surface area contributed by atoms with Crippen LogP contribution in [0.3, 0.4) is 0 Å². The minimum absolute atomic E-state index is 0.0341. The maximum atomic E-state index is 11.5. The van der Waals surface area contributed by atoms with Gasteiger partial charge in [-0.25, -0.2) is 4.79 Å². The lowest BCUT2D eigenvalue weighted by Crippen LogP contribution is -2.57. The smallest absolute Gasteiger partial charge is 0.328 e. The maximum absolute atomic E-state index is 11.5. The summed E-state index contributed by atoms with van der Waals surface area (Å²) in [4.78, 5) is 24.2. The molecule has 94 valence electrons. The molecule has 0 unspecified atom stereocenters. The van der Waals surface area contributed by atoms with Gasteiger partial charge in [-0.15, -0.1) is 11.8 Å². The van der Waals surface area contributed by atoms with Crippen molar-refractivity contribution in [2.24, 2.45) is 0 Å². The molecule has 2 aliphatic heterocycles. The second kappa shape index (κ2) is 4.50. The number of hydrogen-bond donors (Lipinski definition) is 1. The number of rotatable bonds is 3. The molecule has 1 amide bonds. The Morgan fingerprint density at radius 1 is 1.67 bits per heavy atom. The zero-order chi connectivity index (χ0) is 13.3. The fraction of sp³-hybridized carbons (Fsp3) is 0.417. The molecule has 0 radical (unpaired) electrons. The molecule has 2 aliphatic rings. The summed E-state index contributed by atoms with van der Waals surface area (Å²) in [5.41, 5.74) is 0. The van der Waals surface area contributed by atoms with Crippen LogP contribution in [0.25, 0.3) is 0 Å². The van der Waals surface area contributed by atoms with Crippen LogP contribution >= 0.6 is 11.8 Å². The van der Waals surface area contributed by atoms with Gasteiger partial charge in [0.15, 0.2) is 0 Å². The van der Waals surface area contributed by atoms with Crippen LogP contribution in [-0.2, 0) is 9.59 Å². The quantitative estimate of drug-likeness (QED) is 0.469. The van der Waals surface area contributed by atoms with Gasteiger partial charge < -0.3 is 10.0 Å². The second-order valence-corrected chi connectivity index (χ2v) is 6.01. The normalized spacial score (nSPS) is 34.7. The van der Waals surface area contributed by atoms with Crippen LogP contribution in [0.1, 0.15) is 13.3 Å². The van der Waals surface area contributed by atoms with Gasteiger partial charge in [-0.3, -0.25) is 4.79 Å². The van der Waals surface area contributed by atoms with E-state index >= 15 is 0 Å². The van der Waals surface area contributed by atoms with E-state index in [9.17, 15) is 14.7 Å². The molecule has 5 nitrogen and oxygen atoms in total. The van der Waals surface area contributed by atoms with Gasteiger partial charge in [-0.1, -0.05) is 18.2 Å². The first kappa shape index (κ1) is 12.7. The van der Waals surface area contributed by atoms with Crippen molar-refractivity contribution in [2.75, 3.05) is 0 Å². The second-order valence-electron chi connectivity index (χ2n) is 4.35. The first-order valence-corrected chi connectivity index (χ1v) is 6.33. The Morgan fingerprint density at radius 2 is 2.39 bits per heavy atom. The Kier molecular flexibility index (Phi) is 3.18. The molecular weight excluding hydrogens is 252 g/mol. The third kappa shape index (κ3) is 1.91. The topological polar surface area (TPSA) is 81.4 Å². The first-order valence-electron chi connectivity index (χ1n) is 5.45. The Labute approximate surface area is 109 Å². The lowest BCUT2D eigenvalue weighted by molar-refractivity contribution is -0.156. The van der Waals surface area contributed by atoms with Gasteiger partial charge in [0.2, 0.25) is 5.91 Å². The van der Waals surface area contributed by atoms with Gasteiger partial charge >= 0.3 is 5.97 Å². The van der Waals surface area contributed by atoms with Gasteiger partial charge in [-0.2, -0.15) is 5.26 Å². The lowest BCUT2D eigenvalue weighted by atomic mass is 9.96. The van der Waals surface area contributed by atoms with Crippen LogP contribution in [0.4, 0.5) is 0 Å². The molecule has 2 saturated heterocycles. The number of amides is 1. The van der Waals surface area contributed by atoms with Crippen LogP contribution < -0.4 is 0 Å². The molecule has 0 bridgehead atoms. The molecule has 0 saturated carbocycles.